The number of nitrogens with one attached hydrogen (secondary N) is 1. The highest BCUT2D eigenvalue weighted by Gasteiger charge is 2.09. The van der Waals surface area contributed by atoms with Crippen LogP contribution in [0.15, 0.2) is 18.6 Å². The molecule has 2 rings (SSSR count). The van der Waals surface area contributed by atoms with E-state index in [2.05, 4.69) is 27.2 Å². The van der Waals surface area contributed by atoms with Crippen LogP contribution in [0, 0.1) is 6.92 Å². The molecule has 0 aromatic carbocycles. The number of aryl methyl sites for hydroxylation is 2. The van der Waals surface area contributed by atoms with Crippen LogP contribution in [-0.2, 0) is 6.42 Å². The standard InChI is InChI=1S/C12H17N5/c1-4-5-10-14-6-7-17(10)11-9(2)8-15-12(13-3)16-11/h6-8H,4-5H2,1-3H3,(H,13,15,16). The summed E-state index contributed by atoms with van der Waals surface area (Å²) < 4.78 is 2.03. The summed E-state index contributed by atoms with van der Waals surface area (Å²) in [6.45, 7) is 4.15. The Hall–Kier alpha value is -1.91. The zero-order chi connectivity index (χ0) is 12.3. The number of anilines is 1. The topological polar surface area (TPSA) is 55.6 Å². The van der Waals surface area contributed by atoms with Crippen LogP contribution in [-0.4, -0.2) is 26.6 Å². The highest BCUT2D eigenvalue weighted by Crippen LogP contribution is 2.15. The molecular weight excluding hydrogens is 214 g/mol. The van der Waals surface area contributed by atoms with Crippen LogP contribution in [0.5, 0.6) is 0 Å². The Labute approximate surface area is 101 Å². The largest absolute Gasteiger partial charge is 0.357 e. The number of aromatic nitrogens is 4. The summed E-state index contributed by atoms with van der Waals surface area (Å²) in [6.07, 6.45) is 7.60. The van der Waals surface area contributed by atoms with Gasteiger partial charge in [-0.1, -0.05) is 6.92 Å². The summed E-state index contributed by atoms with van der Waals surface area (Å²) in [7, 11) is 1.81. The van der Waals surface area contributed by atoms with Gasteiger partial charge in [0.05, 0.1) is 0 Å². The van der Waals surface area contributed by atoms with Gasteiger partial charge < -0.3 is 5.32 Å². The predicted molar refractivity (Wildman–Crippen MR) is 67.4 cm³/mol. The lowest BCUT2D eigenvalue weighted by atomic mass is 10.3. The van der Waals surface area contributed by atoms with E-state index in [0.29, 0.717) is 5.95 Å². The molecule has 0 radical (unpaired) electrons. The molecule has 0 saturated carbocycles. The van der Waals surface area contributed by atoms with E-state index in [9.17, 15) is 0 Å². The number of hydrogen-bond donors (Lipinski definition) is 1. The monoisotopic (exact) mass is 231 g/mol. The first-order valence-corrected chi connectivity index (χ1v) is 5.80. The summed E-state index contributed by atoms with van der Waals surface area (Å²) in [4.78, 5) is 13.0. The zero-order valence-electron chi connectivity index (χ0n) is 10.4. The Bertz CT molecular complexity index is 503. The van der Waals surface area contributed by atoms with Gasteiger partial charge in [0.25, 0.3) is 0 Å². The molecule has 0 aliphatic carbocycles. The Morgan fingerprint density at radius 2 is 2.18 bits per heavy atom. The van der Waals surface area contributed by atoms with E-state index < -0.39 is 0 Å². The maximum absolute atomic E-state index is 4.48. The van der Waals surface area contributed by atoms with Crippen molar-refractivity contribution >= 4 is 5.95 Å². The Kier molecular flexibility index (Phi) is 3.37. The molecule has 2 aromatic heterocycles. The quantitative estimate of drug-likeness (QED) is 0.874. The second-order valence-corrected chi connectivity index (χ2v) is 3.91. The second-order valence-electron chi connectivity index (χ2n) is 3.91. The molecule has 5 heteroatoms. The molecule has 0 atom stereocenters. The van der Waals surface area contributed by atoms with Crippen molar-refractivity contribution in [2.45, 2.75) is 26.7 Å². The van der Waals surface area contributed by atoms with Gasteiger partial charge in [-0.05, 0) is 13.3 Å². The van der Waals surface area contributed by atoms with Crippen molar-refractivity contribution in [1.29, 1.82) is 0 Å². The van der Waals surface area contributed by atoms with Gasteiger partial charge in [-0.25, -0.2) is 9.97 Å². The van der Waals surface area contributed by atoms with Gasteiger partial charge in [-0.15, -0.1) is 0 Å². The van der Waals surface area contributed by atoms with Gasteiger partial charge in [0.2, 0.25) is 5.95 Å². The molecule has 17 heavy (non-hydrogen) atoms. The first kappa shape index (κ1) is 11.6. The van der Waals surface area contributed by atoms with E-state index >= 15 is 0 Å². The van der Waals surface area contributed by atoms with Gasteiger partial charge in [0.15, 0.2) is 0 Å². The third-order valence-electron chi connectivity index (χ3n) is 2.59. The normalized spacial score (nSPS) is 10.5. The molecule has 2 heterocycles. The highest BCUT2D eigenvalue weighted by molar-refractivity contribution is 5.38. The average molecular weight is 231 g/mol. The number of hydrogen-bond acceptors (Lipinski definition) is 4. The van der Waals surface area contributed by atoms with E-state index in [1.54, 1.807) is 0 Å². The van der Waals surface area contributed by atoms with Crippen LogP contribution >= 0.6 is 0 Å². The lowest BCUT2D eigenvalue weighted by Gasteiger charge is -2.10. The third-order valence-corrected chi connectivity index (χ3v) is 2.59. The third kappa shape index (κ3) is 2.27. The average Bonchev–Trinajstić information content (AvgIpc) is 2.78. The lowest BCUT2D eigenvalue weighted by molar-refractivity contribution is 0.792. The maximum atomic E-state index is 4.48. The first-order valence-electron chi connectivity index (χ1n) is 5.80. The number of nitrogens with zero attached hydrogens (tertiary/aromatic N) is 4. The van der Waals surface area contributed by atoms with E-state index in [4.69, 9.17) is 0 Å². The number of imidazole rings is 1. The van der Waals surface area contributed by atoms with Crippen molar-refractivity contribution in [2.24, 2.45) is 0 Å². The molecule has 1 N–H and O–H groups in total. The molecule has 90 valence electrons. The van der Waals surface area contributed by atoms with Crippen molar-refractivity contribution in [3.63, 3.8) is 0 Å². The zero-order valence-corrected chi connectivity index (χ0v) is 10.4. The van der Waals surface area contributed by atoms with Gasteiger partial charge in [0, 0.05) is 37.6 Å². The minimum Gasteiger partial charge on any atom is -0.357 e. The van der Waals surface area contributed by atoms with Crippen LogP contribution in [0.1, 0.15) is 24.7 Å². The molecule has 0 bridgehead atoms. The highest BCUT2D eigenvalue weighted by atomic mass is 15.2. The molecule has 2 aromatic rings. The van der Waals surface area contributed by atoms with Gasteiger partial charge in [-0.2, -0.15) is 4.98 Å². The fourth-order valence-corrected chi connectivity index (χ4v) is 1.73. The molecule has 0 aliphatic rings. The molecule has 0 saturated heterocycles. The van der Waals surface area contributed by atoms with E-state index in [1.165, 1.54) is 0 Å². The molecule has 0 aliphatic heterocycles. The molecule has 0 fully saturated rings. The van der Waals surface area contributed by atoms with Crippen molar-refractivity contribution in [2.75, 3.05) is 12.4 Å². The van der Waals surface area contributed by atoms with Crippen LogP contribution < -0.4 is 5.32 Å². The summed E-state index contributed by atoms with van der Waals surface area (Å²) in [5.41, 5.74) is 1.04. The first-order chi connectivity index (χ1) is 8.26. The summed E-state index contributed by atoms with van der Waals surface area (Å²) in [5, 5.41) is 2.95. The van der Waals surface area contributed by atoms with Crippen LogP contribution in [0.25, 0.3) is 5.82 Å². The van der Waals surface area contributed by atoms with Crippen molar-refractivity contribution < 1.29 is 0 Å². The van der Waals surface area contributed by atoms with E-state index in [0.717, 1.165) is 30.0 Å². The molecule has 0 amide bonds. The van der Waals surface area contributed by atoms with Crippen molar-refractivity contribution in [1.82, 2.24) is 19.5 Å². The Morgan fingerprint density at radius 3 is 2.88 bits per heavy atom. The lowest BCUT2D eigenvalue weighted by Crippen LogP contribution is -2.07. The van der Waals surface area contributed by atoms with E-state index in [1.807, 2.05) is 37.1 Å². The smallest absolute Gasteiger partial charge is 0.224 e. The minimum absolute atomic E-state index is 0.627. The van der Waals surface area contributed by atoms with Gasteiger partial charge in [-0.3, -0.25) is 4.57 Å². The predicted octanol–water partition coefficient (Wildman–Crippen LogP) is 1.96. The maximum Gasteiger partial charge on any atom is 0.224 e. The summed E-state index contributed by atoms with van der Waals surface area (Å²) >= 11 is 0. The van der Waals surface area contributed by atoms with E-state index in [-0.39, 0.29) is 0 Å². The van der Waals surface area contributed by atoms with Crippen LogP contribution in [0.3, 0.4) is 0 Å². The number of rotatable bonds is 4. The van der Waals surface area contributed by atoms with Crippen molar-refractivity contribution in [3.8, 4) is 5.82 Å². The summed E-state index contributed by atoms with van der Waals surface area (Å²) in [5.74, 6) is 2.56. The fraction of sp³-hybridized carbons (Fsp3) is 0.417. The van der Waals surface area contributed by atoms with Gasteiger partial charge in [0.1, 0.15) is 11.6 Å². The molecular formula is C12H17N5. The molecule has 5 nitrogen and oxygen atoms in total. The Balaban J connectivity index is 2.47. The Morgan fingerprint density at radius 1 is 1.35 bits per heavy atom. The SMILES string of the molecule is CCCc1nccn1-c1nc(NC)ncc1C. The van der Waals surface area contributed by atoms with Gasteiger partial charge >= 0.3 is 0 Å². The molecule has 0 unspecified atom stereocenters. The minimum atomic E-state index is 0.627. The second kappa shape index (κ2) is 4.95. The molecule has 0 spiro atoms. The van der Waals surface area contributed by atoms with Crippen LogP contribution in [0.2, 0.25) is 0 Å². The van der Waals surface area contributed by atoms with Crippen LogP contribution in [0.4, 0.5) is 5.95 Å². The fourth-order valence-electron chi connectivity index (χ4n) is 1.73. The summed E-state index contributed by atoms with van der Waals surface area (Å²) in [6, 6.07) is 0. The van der Waals surface area contributed by atoms with Crippen molar-refractivity contribution in [3.05, 3.63) is 30.0 Å².